The molecule has 0 aliphatic heterocycles. The molecule has 12 nitrogen and oxygen atoms in total. The van der Waals surface area contributed by atoms with Crippen LogP contribution >= 0.6 is 0 Å². The third-order valence-corrected chi connectivity index (χ3v) is 4.96. The molecule has 2 aromatic rings. The Bertz CT molecular complexity index is 1070. The van der Waals surface area contributed by atoms with Crippen molar-refractivity contribution < 1.29 is 52.7 Å². The van der Waals surface area contributed by atoms with Crippen molar-refractivity contribution in [2.45, 2.75) is 32.7 Å². The number of ether oxygens (including phenoxy) is 6. The predicted octanol–water partition coefficient (Wildman–Crippen LogP) is 4.10. The maximum absolute atomic E-state index is 12.1. The van der Waals surface area contributed by atoms with Crippen LogP contribution in [0.2, 0.25) is 0 Å². The number of rotatable bonds is 11. The zero-order valence-electron chi connectivity index (χ0n) is 20.6. The summed E-state index contributed by atoms with van der Waals surface area (Å²) in [4.78, 5) is 47.6. The molecule has 0 fully saturated rings. The minimum Gasteiger partial charge on any atom is -0.480 e. The molecule has 0 heterocycles. The Kier molecular flexibility index (Phi) is 11.2. The van der Waals surface area contributed by atoms with E-state index >= 15 is 0 Å². The fourth-order valence-corrected chi connectivity index (χ4v) is 3.33. The third-order valence-electron chi connectivity index (χ3n) is 4.96. The Hall–Kier alpha value is -4.32. The van der Waals surface area contributed by atoms with Crippen molar-refractivity contribution in [3.63, 3.8) is 0 Å². The fourth-order valence-electron chi connectivity index (χ4n) is 3.33. The highest BCUT2D eigenvalue weighted by atomic mass is 16.7. The summed E-state index contributed by atoms with van der Waals surface area (Å²) in [5.74, 6) is -3.01. The second kappa shape index (κ2) is 14.3. The lowest BCUT2D eigenvalue weighted by atomic mass is 9.82. The van der Waals surface area contributed by atoms with Crippen molar-refractivity contribution in [2.24, 2.45) is 11.7 Å². The van der Waals surface area contributed by atoms with Gasteiger partial charge in [0.2, 0.25) is 0 Å². The summed E-state index contributed by atoms with van der Waals surface area (Å²) in [5.41, 5.74) is 6.28. The van der Waals surface area contributed by atoms with Crippen LogP contribution in [-0.2, 0) is 19.0 Å². The molecule has 200 valence electrons. The summed E-state index contributed by atoms with van der Waals surface area (Å²) in [6, 6.07) is 10.8. The predicted molar refractivity (Wildman–Crippen MR) is 128 cm³/mol. The molecular weight excluding hydrogens is 490 g/mol. The SMILES string of the molecule is CCOC(=O)Oc1ccc(C(C(C)COC(=O)Oc2ccccc2)[C@H](N)C(=O)O)cc1OC(=O)OCC. The molecule has 12 heteroatoms. The van der Waals surface area contributed by atoms with Gasteiger partial charge in [0.15, 0.2) is 11.5 Å². The maximum Gasteiger partial charge on any atom is 0.513 e. The number of carbonyl (C=O) groups is 4. The van der Waals surface area contributed by atoms with Crippen LogP contribution in [0.1, 0.15) is 32.3 Å². The Morgan fingerprint density at radius 1 is 0.811 bits per heavy atom. The normalized spacial score (nSPS) is 12.9. The minimum absolute atomic E-state index is 0.0204. The minimum atomic E-state index is -1.43. The van der Waals surface area contributed by atoms with Crippen LogP contribution < -0.4 is 19.9 Å². The average molecular weight is 520 g/mol. The highest BCUT2D eigenvalue weighted by Crippen LogP contribution is 2.36. The van der Waals surface area contributed by atoms with Crippen LogP contribution in [0.4, 0.5) is 14.4 Å². The molecule has 3 N–H and O–H groups in total. The molecular formula is C25H29NO11. The topological polar surface area (TPSA) is 170 Å². The molecule has 37 heavy (non-hydrogen) atoms. The molecule has 2 unspecified atom stereocenters. The van der Waals surface area contributed by atoms with Gasteiger partial charge in [-0.2, -0.15) is 0 Å². The second-order valence-corrected chi connectivity index (χ2v) is 7.62. The van der Waals surface area contributed by atoms with Gasteiger partial charge in [0.25, 0.3) is 0 Å². The molecule has 0 aromatic heterocycles. The van der Waals surface area contributed by atoms with Gasteiger partial charge in [-0.3, -0.25) is 4.79 Å². The lowest BCUT2D eigenvalue weighted by Crippen LogP contribution is -2.40. The fraction of sp³-hybridized carbons (Fsp3) is 0.360. The van der Waals surface area contributed by atoms with E-state index in [9.17, 15) is 24.3 Å². The molecule has 3 atom stereocenters. The van der Waals surface area contributed by atoms with Crippen molar-refractivity contribution in [3.8, 4) is 17.2 Å². The summed E-state index contributed by atoms with van der Waals surface area (Å²) < 4.78 is 30.0. The molecule has 0 amide bonds. The van der Waals surface area contributed by atoms with Crippen molar-refractivity contribution in [1.29, 1.82) is 0 Å². The maximum atomic E-state index is 12.1. The first kappa shape index (κ1) is 28.9. The molecule has 0 saturated carbocycles. The Morgan fingerprint density at radius 2 is 1.38 bits per heavy atom. The lowest BCUT2D eigenvalue weighted by molar-refractivity contribution is -0.139. The number of aliphatic carboxylic acids is 1. The number of carboxylic acids is 1. The van der Waals surface area contributed by atoms with E-state index in [0.29, 0.717) is 5.56 Å². The van der Waals surface area contributed by atoms with Gasteiger partial charge in [-0.05, 0) is 49.6 Å². The third kappa shape index (κ3) is 9.00. The van der Waals surface area contributed by atoms with Crippen LogP contribution in [-0.4, -0.2) is 55.4 Å². The summed E-state index contributed by atoms with van der Waals surface area (Å²) in [5, 5.41) is 9.60. The number of carboxylic acid groups (broad SMARTS) is 1. The van der Waals surface area contributed by atoms with Gasteiger partial charge in [0.1, 0.15) is 11.8 Å². The van der Waals surface area contributed by atoms with Crippen LogP contribution in [0, 0.1) is 5.92 Å². The number of para-hydroxylation sites is 1. The van der Waals surface area contributed by atoms with Crippen molar-refractivity contribution in [1.82, 2.24) is 0 Å². The van der Waals surface area contributed by atoms with Crippen LogP contribution in [0.25, 0.3) is 0 Å². The van der Waals surface area contributed by atoms with Crippen LogP contribution in [0.3, 0.4) is 0 Å². The number of hydrogen-bond acceptors (Lipinski definition) is 11. The standard InChI is InChI=1S/C25H29NO11/c1-4-32-23(29)36-18-12-11-16(13-19(18)37-24(30)33-5-2)20(21(26)22(27)28)15(3)14-34-25(31)35-17-9-7-6-8-10-17/h6-13,15,20-21H,4-5,14,26H2,1-3H3,(H,27,28)/t15?,20?,21-/m0/s1. The summed E-state index contributed by atoms with van der Waals surface area (Å²) >= 11 is 0. The highest BCUT2D eigenvalue weighted by Gasteiger charge is 2.33. The summed E-state index contributed by atoms with van der Waals surface area (Å²) in [7, 11) is 0. The Labute approximate surface area is 213 Å². The number of hydrogen-bond donors (Lipinski definition) is 2. The monoisotopic (exact) mass is 519 g/mol. The smallest absolute Gasteiger partial charge is 0.480 e. The molecule has 0 aliphatic rings. The molecule has 2 rings (SSSR count). The van der Waals surface area contributed by atoms with Gasteiger partial charge >= 0.3 is 24.4 Å². The zero-order valence-corrected chi connectivity index (χ0v) is 20.6. The number of benzene rings is 2. The first-order valence-electron chi connectivity index (χ1n) is 11.4. The average Bonchev–Trinajstić information content (AvgIpc) is 2.85. The van der Waals surface area contributed by atoms with E-state index in [4.69, 9.17) is 34.2 Å². The highest BCUT2D eigenvalue weighted by molar-refractivity contribution is 5.75. The van der Waals surface area contributed by atoms with Gasteiger partial charge in [-0.25, -0.2) is 14.4 Å². The first-order chi connectivity index (χ1) is 17.7. The second-order valence-electron chi connectivity index (χ2n) is 7.62. The van der Waals surface area contributed by atoms with E-state index in [0.717, 1.165) is 0 Å². The first-order valence-corrected chi connectivity index (χ1v) is 11.4. The van der Waals surface area contributed by atoms with E-state index in [1.807, 2.05) is 0 Å². The van der Waals surface area contributed by atoms with Gasteiger partial charge in [-0.15, -0.1) is 0 Å². The van der Waals surface area contributed by atoms with E-state index in [2.05, 4.69) is 0 Å². The van der Waals surface area contributed by atoms with Gasteiger partial charge in [0, 0.05) is 5.92 Å². The van der Waals surface area contributed by atoms with Crippen LogP contribution in [0.5, 0.6) is 17.2 Å². The zero-order chi connectivity index (χ0) is 27.4. The molecule has 0 aliphatic carbocycles. The Balaban J connectivity index is 2.30. The van der Waals surface area contributed by atoms with Crippen LogP contribution in [0.15, 0.2) is 48.5 Å². The van der Waals surface area contributed by atoms with Crippen molar-refractivity contribution in [3.05, 3.63) is 54.1 Å². The lowest BCUT2D eigenvalue weighted by Gasteiger charge is -2.27. The van der Waals surface area contributed by atoms with Crippen molar-refractivity contribution >= 4 is 24.4 Å². The number of nitrogens with two attached hydrogens (primary N) is 1. The van der Waals surface area contributed by atoms with Crippen molar-refractivity contribution in [2.75, 3.05) is 19.8 Å². The molecule has 0 spiro atoms. The van der Waals surface area contributed by atoms with E-state index in [1.165, 1.54) is 18.2 Å². The molecule has 0 radical (unpaired) electrons. The van der Waals surface area contributed by atoms with E-state index in [1.54, 1.807) is 51.1 Å². The van der Waals surface area contributed by atoms with Gasteiger partial charge in [-0.1, -0.05) is 31.2 Å². The Morgan fingerprint density at radius 3 is 1.95 bits per heavy atom. The molecule has 0 saturated heterocycles. The quantitative estimate of drug-likeness (QED) is 0.248. The number of carbonyl (C=O) groups excluding carboxylic acids is 3. The van der Waals surface area contributed by atoms with Gasteiger partial charge in [0.05, 0.1) is 19.8 Å². The van der Waals surface area contributed by atoms with Gasteiger partial charge < -0.3 is 39.3 Å². The largest absolute Gasteiger partial charge is 0.513 e. The molecule has 0 bridgehead atoms. The summed E-state index contributed by atoms with van der Waals surface area (Å²) in [6.07, 6.45) is -3.10. The molecule has 2 aromatic carbocycles. The van der Waals surface area contributed by atoms with E-state index in [-0.39, 0.29) is 37.1 Å². The summed E-state index contributed by atoms with van der Waals surface area (Å²) in [6.45, 7) is 4.60. The van der Waals surface area contributed by atoms with E-state index < -0.39 is 42.3 Å².